The van der Waals surface area contributed by atoms with Crippen LogP contribution in [0.15, 0.2) is 24.3 Å². The molecule has 1 aliphatic rings. The molecule has 22 heavy (non-hydrogen) atoms. The van der Waals surface area contributed by atoms with Crippen molar-refractivity contribution in [2.45, 2.75) is 33.6 Å². The number of halogens is 1. The van der Waals surface area contributed by atoms with Crippen molar-refractivity contribution in [2.24, 2.45) is 11.3 Å². The van der Waals surface area contributed by atoms with E-state index in [0.717, 1.165) is 37.4 Å². The van der Waals surface area contributed by atoms with Crippen molar-refractivity contribution >= 4 is 24.0 Å². The van der Waals surface area contributed by atoms with Crippen molar-refractivity contribution in [2.75, 3.05) is 25.0 Å². The molecule has 0 aliphatic carbocycles. The molecule has 124 valence electrons. The highest BCUT2D eigenvalue weighted by atomic mass is 35.5. The Morgan fingerprint density at radius 1 is 1.45 bits per heavy atom. The molecule has 1 heterocycles. The van der Waals surface area contributed by atoms with Crippen LogP contribution in [-0.2, 0) is 4.79 Å². The largest absolute Gasteiger partial charge is 0.493 e. The van der Waals surface area contributed by atoms with E-state index in [1.54, 1.807) is 0 Å². The standard InChI is InChI=1S/C17H26N2O2.ClH/c1-13(2)11-21-15-7-4-6-14(10-15)19-16(20)17(3)8-5-9-18-12-17;/h4,6-7,10,13,18H,5,8-9,11-12H2,1-3H3,(H,19,20);1H. The van der Waals surface area contributed by atoms with Crippen molar-refractivity contribution in [1.82, 2.24) is 5.32 Å². The lowest BCUT2D eigenvalue weighted by atomic mass is 9.82. The summed E-state index contributed by atoms with van der Waals surface area (Å²) in [5.41, 5.74) is 0.473. The monoisotopic (exact) mass is 326 g/mol. The van der Waals surface area contributed by atoms with Crippen molar-refractivity contribution in [1.29, 1.82) is 0 Å². The zero-order chi connectivity index (χ0) is 15.3. The number of anilines is 1. The van der Waals surface area contributed by atoms with Gasteiger partial charge in [-0.25, -0.2) is 0 Å². The predicted molar refractivity (Wildman–Crippen MR) is 92.9 cm³/mol. The molecule has 1 atom stereocenters. The summed E-state index contributed by atoms with van der Waals surface area (Å²) in [6.45, 7) is 8.67. The van der Waals surface area contributed by atoms with Gasteiger partial charge in [0.05, 0.1) is 12.0 Å². The Bertz CT molecular complexity index is 485. The maximum absolute atomic E-state index is 12.5. The van der Waals surface area contributed by atoms with Gasteiger partial charge in [0.15, 0.2) is 0 Å². The minimum atomic E-state index is -0.326. The number of hydrogen-bond donors (Lipinski definition) is 2. The van der Waals surface area contributed by atoms with E-state index in [1.165, 1.54) is 0 Å². The number of nitrogens with one attached hydrogen (secondary N) is 2. The molecule has 0 aromatic heterocycles. The van der Waals surface area contributed by atoms with Gasteiger partial charge in [-0.3, -0.25) is 4.79 Å². The number of benzene rings is 1. The molecule has 1 aromatic rings. The highest BCUT2D eigenvalue weighted by Gasteiger charge is 2.34. The van der Waals surface area contributed by atoms with Crippen LogP contribution in [0, 0.1) is 11.3 Å². The fourth-order valence-corrected chi connectivity index (χ4v) is 2.46. The first-order chi connectivity index (χ1) is 9.99. The van der Waals surface area contributed by atoms with Gasteiger partial charge >= 0.3 is 0 Å². The summed E-state index contributed by atoms with van der Waals surface area (Å²) in [6, 6.07) is 7.62. The minimum Gasteiger partial charge on any atom is -0.493 e. The Morgan fingerprint density at radius 3 is 2.86 bits per heavy atom. The van der Waals surface area contributed by atoms with E-state index >= 15 is 0 Å². The first kappa shape index (κ1) is 18.8. The molecular formula is C17H27ClN2O2. The third-order valence-corrected chi connectivity index (χ3v) is 3.82. The third-order valence-electron chi connectivity index (χ3n) is 3.82. The average Bonchev–Trinajstić information content (AvgIpc) is 2.46. The highest BCUT2D eigenvalue weighted by molar-refractivity contribution is 5.95. The van der Waals surface area contributed by atoms with Crippen LogP contribution in [0.3, 0.4) is 0 Å². The Hall–Kier alpha value is -1.26. The van der Waals surface area contributed by atoms with Crippen molar-refractivity contribution in [3.8, 4) is 5.75 Å². The lowest BCUT2D eigenvalue weighted by Gasteiger charge is -2.32. The zero-order valence-electron chi connectivity index (χ0n) is 13.6. The second-order valence-electron chi connectivity index (χ2n) is 6.53. The molecule has 1 saturated heterocycles. The molecule has 2 rings (SSSR count). The first-order valence-electron chi connectivity index (χ1n) is 7.75. The molecule has 0 bridgehead atoms. The van der Waals surface area contributed by atoms with E-state index in [2.05, 4.69) is 24.5 Å². The van der Waals surface area contributed by atoms with Crippen LogP contribution >= 0.6 is 12.4 Å². The van der Waals surface area contributed by atoms with Gasteiger partial charge < -0.3 is 15.4 Å². The van der Waals surface area contributed by atoms with Crippen LogP contribution in [0.2, 0.25) is 0 Å². The van der Waals surface area contributed by atoms with Crippen LogP contribution in [0.5, 0.6) is 5.75 Å². The van der Waals surface area contributed by atoms with Gasteiger partial charge in [0.2, 0.25) is 5.91 Å². The summed E-state index contributed by atoms with van der Waals surface area (Å²) >= 11 is 0. The SMILES string of the molecule is CC(C)COc1cccc(NC(=O)C2(C)CCCNC2)c1.Cl. The summed E-state index contributed by atoms with van der Waals surface area (Å²) in [6.07, 6.45) is 1.97. The molecule has 5 heteroatoms. The second kappa shape index (κ2) is 8.39. The number of carbonyl (C=O) groups is 1. The van der Waals surface area contributed by atoms with Gasteiger partial charge in [0.1, 0.15) is 5.75 Å². The quantitative estimate of drug-likeness (QED) is 0.871. The number of rotatable bonds is 5. The maximum atomic E-state index is 12.5. The normalized spacial score (nSPS) is 21.1. The van der Waals surface area contributed by atoms with E-state index in [0.29, 0.717) is 12.5 Å². The van der Waals surface area contributed by atoms with E-state index in [1.807, 2.05) is 31.2 Å². The van der Waals surface area contributed by atoms with Crippen LogP contribution in [0.1, 0.15) is 33.6 Å². The van der Waals surface area contributed by atoms with Gasteiger partial charge in [-0.15, -0.1) is 12.4 Å². The van der Waals surface area contributed by atoms with Crippen LogP contribution in [0.25, 0.3) is 0 Å². The number of amides is 1. The van der Waals surface area contributed by atoms with Gasteiger partial charge in [-0.05, 0) is 44.4 Å². The van der Waals surface area contributed by atoms with E-state index in [-0.39, 0.29) is 23.7 Å². The van der Waals surface area contributed by atoms with Crippen LogP contribution < -0.4 is 15.4 Å². The molecule has 1 unspecified atom stereocenters. The molecule has 0 spiro atoms. The number of hydrogen-bond acceptors (Lipinski definition) is 3. The second-order valence-corrected chi connectivity index (χ2v) is 6.53. The molecular weight excluding hydrogens is 300 g/mol. The Labute approximate surface area is 139 Å². The summed E-state index contributed by atoms with van der Waals surface area (Å²) in [5, 5.41) is 6.32. The van der Waals surface area contributed by atoms with Gasteiger partial charge in [0.25, 0.3) is 0 Å². The van der Waals surface area contributed by atoms with Crippen molar-refractivity contribution in [3.05, 3.63) is 24.3 Å². The summed E-state index contributed by atoms with van der Waals surface area (Å²) in [7, 11) is 0. The Morgan fingerprint density at radius 2 is 2.23 bits per heavy atom. The van der Waals surface area contributed by atoms with Gasteiger partial charge in [0, 0.05) is 18.3 Å². The van der Waals surface area contributed by atoms with E-state index < -0.39 is 0 Å². The topological polar surface area (TPSA) is 50.4 Å². The molecule has 1 aromatic carbocycles. The lowest BCUT2D eigenvalue weighted by molar-refractivity contribution is -0.125. The first-order valence-corrected chi connectivity index (χ1v) is 7.75. The molecule has 0 saturated carbocycles. The zero-order valence-corrected chi connectivity index (χ0v) is 14.5. The Kier molecular flexibility index (Phi) is 7.17. The number of carbonyl (C=O) groups excluding carboxylic acids is 1. The molecule has 1 aliphatic heterocycles. The molecule has 2 N–H and O–H groups in total. The van der Waals surface area contributed by atoms with E-state index in [4.69, 9.17) is 4.74 Å². The predicted octanol–water partition coefficient (Wildman–Crippen LogP) is 3.47. The Balaban J connectivity index is 0.00000242. The molecule has 4 nitrogen and oxygen atoms in total. The summed E-state index contributed by atoms with van der Waals surface area (Å²) in [5.74, 6) is 1.36. The van der Waals surface area contributed by atoms with Crippen molar-refractivity contribution in [3.63, 3.8) is 0 Å². The minimum absolute atomic E-state index is 0. The van der Waals surface area contributed by atoms with Crippen LogP contribution in [-0.4, -0.2) is 25.6 Å². The van der Waals surface area contributed by atoms with Crippen molar-refractivity contribution < 1.29 is 9.53 Å². The van der Waals surface area contributed by atoms with Gasteiger partial charge in [-0.2, -0.15) is 0 Å². The molecule has 0 radical (unpaired) electrons. The number of ether oxygens (including phenoxy) is 1. The number of piperidine rings is 1. The smallest absolute Gasteiger partial charge is 0.231 e. The fourth-order valence-electron chi connectivity index (χ4n) is 2.46. The molecule has 1 fully saturated rings. The lowest BCUT2D eigenvalue weighted by Crippen LogP contribution is -2.46. The maximum Gasteiger partial charge on any atom is 0.231 e. The summed E-state index contributed by atoms with van der Waals surface area (Å²) < 4.78 is 5.70. The van der Waals surface area contributed by atoms with Crippen LogP contribution in [0.4, 0.5) is 5.69 Å². The fraction of sp³-hybridized carbons (Fsp3) is 0.588. The van der Waals surface area contributed by atoms with Gasteiger partial charge in [-0.1, -0.05) is 19.9 Å². The molecule has 1 amide bonds. The van der Waals surface area contributed by atoms with E-state index in [9.17, 15) is 4.79 Å². The average molecular weight is 327 g/mol. The highest BCUT2D eigenvalue weighted by Crippen LogP contribution is 2.28. The summed E-state index contributed by atoms with van der Waals surface area (Å²) in [4.78, 5) is 12.5. The third kappa shape index (κ3) is 5.18.